The molecule has 0 amide bonds. The lowest BCUT2D eigenvalue weighted by Gasteiger charge is -2.25. The van der Waals surface area contributed by atoms with Crippen LogP contribution in [0.1, 0.15) is 37.1 Å². The topological polar surface area (TPSA) is 49.8 Å². The Bertz CT molecular complexity index is 385. The third-order valence-corrected chi connectivity index (χ3v) is 3.56. The van der Waals surface area contributed by atoms with Gasteiger partial charge in [0.15, 0.2) is 0 Å². The van der Waals surface area contributed by atoms with Crippen LogP contribution in [-0.4, -0.2) is 23.6 Å². The fourth-order valence-electron chi connectivity index (χ4n) is 2.22. The smallest absolute Gasteiger partial charge is 0.134 e. The van der Waals surface area contributed by atoms with E-state index in [0.717, 1.165) is 35.5 Å². The van der Waals surface area contributed by atoms with E-state index in [2.05, 4.69) is 27.5 Å². The van der Waals surface area contributed by atoms with Crippen LogP contribution in [0.3, 0.4) is 0 Å². The van der Waals surface area contributed by atoms with Crippen LogP contribution < -0.4 is 10.6 Å². The zero-order valence-electron chi connectivity index (χ0n) is 11.0. The number of hydrogen-bond donors (Lipinski definition) is 2. The molecule has 2 rings (SSSR count). The maximum absolute atomic E-state index is 4.46. The highest BCUT2D eigenvalue weighted by atomic mass is 15.1. The molecule has 1 heterocycles. The molecule has 0 unspecified atom stereocenters. The van der Waals surface area contributed by atoms with Gasteiger partial charge in [0.1, 0.15) is 17.5 Å². The highest BCUT2D eigenvalue weighted by Crippen LogP contribution is 2.29. The highest BCUT2D eigenvalue weighted by Gasteiger charge is 2.16. The highest BCUT2D eigenvalue weighted by molar-refractivity contribution is 5.56. The molecular weight excluding hydrogens is 212 g/mol. The van der Waals surface area contributed by atoms with Gasteiger partial charge in [0.25, 0.3) is 0 Å². The van der Waals surface area contributed by atoms with Crippen molar-refractivity contribution >= 4 is 11.6 Å². The summed E-state index contributed by atoms with van der Waals surface area (Å²) >= 11 is 0. The second-order valence-corrected chi connectivity index (χ2v) is 4.86. The lowest BCUT2D eigenvalue weighted by atomic mass is 9.83. The Morgan fingerprint density at radius 2 is 1.88 bits per heavy atom. The van der Waals surface area contributed by atoms with Crippen LogP contribution in [0.15, 0.2) is 0 Å². The molecule has 1 fully saturated rings. The van der Waals surface area contributed by atoms with Crippen molar-refractivity contribution in [3.63, 3.8) is 0 Å². The van der Waals surface area contributed by atoms with Gasteiger partial charge in [-0.15, -0.1) is 0 Å². The number of rotatable bonds is 5. The summed E-state index contributed by atoms with van der Waals surface area (Å²) in [4.78, 5) is 8.82. The lowest BCUT2D eigenvalue weighted by Crippen LogP contribution is -2.17. The van der Waals surface area contributed by atoms with Gasteiger partial charge >= 0.3 is 0 Å². The summed E-state index contributed by atoms with van der Waals surface area (Å²) in [5.41, 5.74) is 1.10. The molecule has 1 aliphatic rings. The Labute approximate surface area is 103 Å². The first-order chi connectivity index (χ1) is 8.20. The standard InChI is InChI=1S/C13H22N4/c1-9-12(14-3)16-10(2)17-13(9)15-8-7-11-5-4-6-11/h11H,4-8H2,1-3H3,(H2,14,15,16,17). The van der Waals surface area contributed by atoms with Crippen LogP contribution >= 0.6 is 0 Å². The Morgan fingerprint density at radius 3 is 2.47 bits per heavy atom. The average Bonchev–Trinajstić information content (AvgIpc) is 2.25. The fourth-order valence-corrected chi connectivity index (χ4v) is 2.22. The molecule has 4 heteroatoms. The molecule has 0 aromatic carbocycles. The van der Waals surface area contributed by atoms with E-state index in [-0.39, 0.29) is 0 Å². The number of anilines is 2. The molecule has 1 aliphatic carbocycles. The molecule has 17 heavy (non-hydrogen) atoms. The van der Waals surface area contributed by atoms with Crippen molar-refractivity contribution in [1.82, 2.24) is 9.97 Å². The van der Waals surface area contributed by atoms with Crippen LogP contribution in [0, 0.1) is 19.8 Å². The van der Waals surface area contributed by atoms with Crippen molar-refractivity contribution in [2.75, 3.05) is 24.2 Å². The molecule has 94 valence electrons. The van der Waals surface area contributed by atoms with Gasteiger partial charge in [0, 0.05) is 19.2 Å². The maximum Gasteiger partial charge on any atom is 0.134 e. The van der Waals surface area contributed by atoms with E-state index in [9.17, 15) is 0 Å². The maximum atomic E-state index is 4.46. The quantitative estimate of drug-likeness (QED) is 0.822. The van der Waals surface area contributed by atoms with Gasteiger partial charge in [0.05, 0.1) is 0 Å². The van der Waals surface area contributed by atoms with E-state index in [1.807, 2.05) is 14.0 Å². The largest absolute Gasteiger partial charge is 0.373 e. The second kappa shape index (κ2) is 5.34. The number of nitrogens with one attached hydrogen (secondary N) is 2. The van der Waals surface area contributed by atoms with Crippen molar-refractivity contribution in [1.29, 1.82) is 0 Å². The SMILES string of the molecule is CNc1nc(C)nc(NCCC2CCC2)c1C. The zero-order chi connectivity index (χ0) is 12.3. The third kappa shape index (κ3) is 2.87. The molecule has 0 saturated heterocycles. The molecule has 1 aromatic rings. The van der Waals surface area contributed by atoms with Gasteiger partial charge in [-0.1, -0.05) is 19.3 Å². The normalized spacial score (nSPS) is 15.5. The Morgan fingerprint density at radius 1 is 1.18 bits per heavy atom. The minimum atomic E-state index is 0.811. The van der Waals surface area contributed by atoms with Crippen LogP contribution in [0.5, 0.6) is 0 Å². The molecular formula is C13H22N4. The Balaban J connectivity index is 1.96. The number of aromatic nitrogens is 2. The van der Waals surface area contributed by atoms with E-state index in [1.54, 1.807) is 0 Å². The van der Waals surface area contributed by atoms with Gasteiger partial charge < -0.3 is 10.6 Å². The number of aryl methyl sites for hydroxylation is 1. The summed E-state index contributed by atoms with van der Waals surface area (Å²) in [5, 5.41) is 6.54. The van der Waals surface area contributed by atoms with E-state index in [1.165, 1.54) is 25.7 Å². The van der Waals surface area contributed by atoms with E-state index >= 15 is 0 Å². The first-order valence-electron chi connectivity index (χ1n) is 6.47. The van der Waals surface area contributed by atoms with Gasteiger partial charge in [-0.3, -0.25) is 0 Å². The predicted octanol–water partition coefficient (Wildman–Crippen LogP) is 2.74. The van der Waals surface area contributed by atoms with Gasteiger partial charge in [-0.05, 0) is 26.2 Å². The molecule has 0 radical (unpaired) electrons. The number of hydrogen-bond acceptors (Lipinski definition) is 4. The summed E-state index contributed by atoms with van der Waals surface area (Å²) in [6.45, 7) is 5.00. The number of nitrogens with zero attached hydrogens (tertiary/aromatic N) is 2. The summed E-state index contributed by atoms with van der Waals surface area (Å²) in [7, 11) is 1.90. The van der Waals surface area contributed by atoms with Gasteiger partial charge in [-0.25, -0.2) is 9.97 Å². The van der Waals surface area contributed by atoms with E-state index in [0.29, 0.717) is 0 Å². The van der Waals surface area contributed by atoms with Crippen LogP contribution in [0.2, 0.25) is 0 Å². The van der Waals surface area contributed by atoms with Crippen molar-refractivity contribution in [3.05, 3.63) is 11.4 Å². The zero-order valence-corrected chi connectivity index (χ0v) is 11.0. The summed E-state index contributed by atoms with van der Waals surface area (Å²) in [6, 6.07) is 0. The monoisotopic (exact) mass is 234 g/mol. The van der Waals surface area contributed by atoms with Crippen molar-refractivity contribution in [2.24, 2.45) is 5.92 Å². The molecule has 4 nitrogen and oxygen atoms in total. The molecule has 1 aromatic heterocycles. The van der Waals surface area contributed by atoms with Crippen molar-refractivity contribution in [2.45, 2.75) is 39.5 Å². The van der Waals surface area contributed by atoms with Crippen LogP contribution in [-0.2, 0) is 0 Å². The molecule has 0 bridgehead atoms. The Kier molecular flexibility index (Phi) is 3.82. The fraction of sp³-hybridized carbons (Fsp3) is 0.692. The third-order valence-electron chi connectivity index (χ3n) is 3.56. The second-order valence-electron chi connectivity index (χ2n) is 4.86. The van der Waals surface area contributed by atoms with E-state index in [4.69, 9.17) is 0 Å². The van der Waals surface area contributed by atoms with Gasteiger partial charge in [-0.2, -0.15) is 0 Å². The van der Waals surface area contributed by atoms with E-state index < -0.39 is 0 Å². The average molecular weight is 234 g/mol. The molecule has 2 N–H and O–H groups in total. The van der Waals surface area contributed by atoms with Crippen LogP contribution in [0.25, 0.3) is 0 Å². The summed E-state index contributed by atoms with van der Waals surface area (Å²) in [6.07, 6.45) is 5.49. The van der Waals surface area contributed by atoms with Crippen molar-refractivity contribution < 1.29 is 0 Å². The lowest BCUT2D eigenvalue weighted by molar-refractivity contribution is 0.303. The molecule has 0 aliphatic heterocycles. The summed E-state index contributed by atoms with van der Waals surface area (Å²) < 4.78 is 0. The predicted molar refractivity (Wildman–Crippen MR) is 71.5 cm³/mol. The molecule has 0 spiro atoms. The van der Waals surface area contributed by atoms with Crippen LogP contribution in [0.4, 0.5) is 11.6 Å². The minimum absolute atomic E-state index is 0.811. The first-order valence-corrected chi connectivity index (χ1v) is 6.47. The Hall–Kier alpha value is -1.32. The van der Waals surface area contributed by atoms with Gasteiger partial charge in [0.2, 0.25) is 0 Å². The summed E-state index contributed by atoms with van der Waals surface area (Å²) in [5.74, 6) is 3.64. The minimum Gasteiger partial charge on any atom is -0.373 e. The first kappa shape index (κ1) is 12.1. The molecule has 0 atom stereocenters. The van der Waals surface area contributed by atoms with Crippen molar-refractivity contribution in [3.8, 4) is 0 Å². The molecule has 1 saturated carbocycles.